The van der Waals surface area contributed by atoms with Gasteiger partial charge in [-0.25, -0.2) is 0 Å². The molecular formula is C16H16N4O3. The highest BCUT2D eigenvalue weighted by atomic mass is 16.5. The van der Waals surface area contributed by atoms with E-state index < -0.39 is 0 Å². The number of benzene rings is 1. The standard InChI is InChI=1S/C16H16N4O3/c21-15-11-5-1-2-6-12(11)16(22)20(15)9-13-18-14(23-19-13)8-10-4-3-7-17-10/h1-2,5-6,10,17H,3-4,7-9H2/t10-/m1/s1. The average Bonchev–Trinajstić information content (AvgIpc) is 3.27. The Bertz CT molecular complexity index is 729. The average molecular weight is 312 g/mol. The summed E-state index contributed by atoms with van der Waals surface area (Å²) in [5.74, 6) is 0.271. The quantitative estimate of drug-likeness (QED) is 0.852. The van der Waals surface area contributed by atoms with Crippen LogP contribution in [0, 0.1) is 0 Å². The second-order valence-electron chi connectivity index (χ2n) is 5.84. The van der Waals surface area contributed by atoms with E-state index in [2.05, 4.69) is 15.5 Å². The van der Waals surface area contributed by atoms with Crippen LogP contribution >= 0.6 is 0 Å². The number of amides is 2. The molecule has 1 fully saturated rings. The van der Waals surface area contributed by atoms with Crippen LogP contribution in [0.4, 0.5) is 0 Å². The first kappa shape index (κ1) is 14.1. The molecule has 1 N–H and O–H groups in total. The second-order valence-corrected chi connectivity index (χ2v) is 5.84. The minimum Gasteiger partial charge on any atom is -0.339 e. The van der Waals surface area contributed by atoms with Crippen molar-refractivity contribution in [2.24, 2.45) is 0 Å². The normalized spacial score (nSPS) is 20.3. The van der Waals surface area contributed by atoms with Gasteiger partial charge < -0.3 is 9.84 Å². The Morgan fingerprint density at radius 1 is 1.22 bits per heavy atom. The summed E-state index contributed by atoms with van der Waals surface area (Å²) in [6.07, 6.45) is 2.92. The van der Waals surface area contributed by atoms with E-state index in [1.165, 1.54) is 0 Å². The lowest BCUT2D eigenvalue weighted by atomic mass is 10.1. The predicted octanol–water partition coefficient (Wildman–Crippen LogP) is 1.16. The van der Waals surface area contributed by atoms with Crippen molar-refractivity contribution in [1.29, 1.82) is 0 Å². The summed E-state index contributed by atoms with van der Waals surface area (Å²) >= 11 is 0. The molecule has 7 heteroatoms. The van der Waals surface area contributed by atoms with Crippen LogP contribution in [0.2, 0.25) is 0 Å². The molecule has 2 aliphatic rings. The third-order valence-corrected chi connectivity index (χ3v) is 4.27. The Hall–Kier alpha value is -2.54. The number of rotatable bonds is 4. The van der Waals surface area contributed by atoms with Crippen LogP contribution in [0.3, 0.4) is 0 Å². The molecule has 1 saturated heterocycles. The van der Waals surface area contributed by atoms with E-state index in [0.717, 1.165) is 24.3 Å². The summed E-state index contributed by atoms with van der Waals surface area (Å²) in [5, 5.41) is 7.26. The fourth-order valence-electron chi connectivity index (χ4n) is 3.10. The molecule has 1 atom stereocenters. The molecule has 2 amide bonds. The van der Waals surface area contributed by atoms with Crippen molar-refractivity contribution in [3.8, 4) is 0 Å². The summed E-state index contributed by atoms with van der Waals surface area (Å²) in [4.78, 5) is 30.1. The van der Waals surface area contributed by atoms with Gasteiger partial charge >= 0.3 is 0 Å². The minimum atomic E-state index is -0.311. The Morgan fingerprint density at radius 2 is 1.96 bits per heavy atom. The van der Waals surface area contributed by atoms with Gasteiger partial charge in [0.2, 0.25) is 5.89 Å². The topological polar surface area (TPSA) is 88.3 Å². The molecule has 1 aromatic carbocycles. The SMILES string of the molecule is O=C1c2ccccc2C(=O)N1Cc1noc(C[C@H]2CCCN2)n1. The van der Waals surface area contributed by atoms with Crippen molar-refractivity contribution in [3.05, 3.63) is 47.1 Å². The summed E-state index contributed by atoms with van der Waals surface area (Å²) in [5.41, 5.74) is 0.854. The molecule has 1 aromatic heterocycles. The zero-order chi connectivity index (χ0) is 15.8. The second kappa shape index (κ2) is 5.58. The molecule has 2 aliphatic heterocycles. The highest BCUT2D eigenvalue weighted by molar-refractivity contribution is 6.21. The van der Waals surface area contributed by atoms with E-state index in [1.54, 1.807) is 24.3 Å². The van der Waals surface area contributed by atoms with Gasteiger partial charge in [0.25, 0.3) is 11.8 Å². The largest absolute Gasteiger partial charge is 0.339 e. The van der Waals surface area contributed by atoms with Gasteiger partial charge in [0.1, 0.15) is 0 Å². The minimum absolute atomic E-state index is 0.0357. The van der Waals surface area contributed by atoms with Crippen LogP contribution in [0.25, 0.3) is 0 Å². The monoisotopic (exact) mass is 312 g/mol. The predicted molar refractivity (Wildman–Crippen MR) is 79.7 cm³/mol. The molecule has 4 rings (SSSR count). The molecule has 2 aromatic rings. The van der Waals surface area contributed by atoms with Crippen LogP contribution < -0.4 is 5.32 Å². The maximum absolute atomic E-state index is 12.3. The zero-order valence-corrected chi connectivity index (χ0v) is 12.5. The molecule has 0 radical (unpaired) electrons. The lowest BCUT2D eigenvalue weighted by molar-refractivity contribution is 0.0637. The maximum atomic E-state index is 12.3. The first-order chi connectivity index (χ1) is 11.2. The Morgan fingerprint density at radius 3 is 2.61 bits per heavy atom. The Balaban J connectivity index is 1.48. The van der Waals surface area contributed by atoms with Crippen LogP contribution in [0.5, 0.6) is 0 Å². The summed E-state index contributed by atoms with van der Waals surface area (Å²) < 4.78 is 5.23. The van der Waals surface area contributed by atoms with Crippen molar-refractivity contribution >= 4 is 11.8 Å². The molecule has 0 unspecified atom stereocenters. The zero-order valence-electron chi connectivity index (χ0n) is 12.5. The van der Waals surface area contributed by atoms with E-state index in [0.29, 0.717) is 35.3 Å². The van der Waals surface area contributed by atoms with Gasteiger partial charge in [-0.05, 0) is 31.5 Å². The molecule has 3 heterocycles. The highest BCUT2D eigenvalue weighted by Crippen LogP contribution is 2.23. The van der Waals surface area contributed by atoms with Gasteiger partial charge in [-0.15, -0.1) is 0 Å². The number of nitrogens with zero attached hydrogens (tertiary/aromatic N) is 3. The van der Waals surface area contributed by atoms with Gasteiger partial charge in [0.05, 0.1) is 17.7 Å². The van der Waals surface area contributed by atoms with E-state index in [9.17, 15) is 9.59 Å². The first-order valence-corrected chi connectivity index (χ1v) is 7.72. The fourth-order valence-corrected chi connectivity index (χ4v) is 3.10. The van der Waals surface area contributed by atoms with Crippen LogP contribution in [-0.4, -0.2) is 39.4 Å². The van der Waals surface area contributed by atoms with E-state index in [4.69, 9.17) is 4.52 Å². The lowest BCUT2D eigenvalue weighted by Crippen LogP contribution is -2.29. The van der Waals surface area contributed by atoms with Gasteiger partial charge in [-0.2, -0.15) is 4.98 Å². The van der Waals surface area contributed by atoms with E-state index in [1.807, 2.05) is 0 Å². The van der Waals surface area contributed by atoms with E-state index in [-0.39, 0.29) is 18.4 Å². The summed E-state index contributed by atoms with van der Waals surface area (Å²) in [6, 6.07) is 7.16. The number of nitrogens with one attached hydrogen (secondary N) is 1. The third kappa shape index (κ3) is 2.53. The van der Waals surface area contributed by atoms with Crippen molar-refractivity contribution in [2.75, 3.05) is 6.54 Å². The van der Waals surface area contributed by atoms with E-state index >= 15 is 0 Å². The number of carbonyl (C=O) groups excluding carboxylic acids is 2. The number of carbonyl (C=O) groups is 2. The smallest absolute Gasteiger partial charge is 0.261 e. The molecule has 118 valence electrons. The van der Waals surface area contributed by atoms with Crippen molar-refractivity contribution in [2.45, 2.75) is 31.8 Å². The van der Waals surface area contributed by atoms with Gasteiger partial charge in [0, 0.05) is 12.5 Å². The molecule has 0 bridgehead atoms. The number of hydrogen-bond donors (Lipinski definition) is 1. The van der Waals surface area contributed by atoms with Crippen molar-refractivity contribution in [3.63, 3.8) is 0 Å². The number of aromatic nitrogens is 2. The van der Waals surface area contributed by atoms with Crippen molar-refractivity contribution < 1.29 is 14.1 Å². The van der Waals surface area contributed by atoms with Crippen LogP contribution in [-0.2, 0) is 13.0 Å². The molecule has 0 aliphatic carbocycles. The fraction of sp³-hybridized carbons (Fsp3) is 0.375. The number of imide groups is 1. The molecule has 7 nitrogen and oxygen atoms in total. The first-order valence-electron chi connectivity index (χ1n) is 7.72. The maximum Gasteiger partial charge on any atom is 0.261 e. The van der Waals surface area contributed by atoms with Crippen LogP contribution in [0.1, 0.15) is 45.3 Å². The lowest BCUT2D eigenvalue weighted by Gasteiger charge is -2.10. The Labute approximate surface area is 132 Å². The summed E-state index contributed by atoms with van der Waals surface area (Å²) in [7, 11) is 0. The number of fused-ring (bicyclic) bond motifs is 1. The molecule has 0 spiro atoms. The third-order valence-electron chi connectivity index (χ3n) is 4.27. The van der Waals surface area contributed by atoms with Crippen molar-refractivity contribution in [1.82, 2.24) is 20.4 Å². The highest BCUT2D eigenvalue weighted by Gasteiger charge is 2.36. The molecule has 0 saturated carbocycles. The van der Waals surface area contributed by atoms with Crippen LogP contribution in [0.15, 0.2) is 28.8 Å². The van der Waals surface area contributed by atoms with Gasteiger partial charge in [-0.3, -0.25) is 14.5 Å². The number of hydrogen-bond acceptors (Lipinski definition) is 6. The summed E-state index contributed by atoms with van der Waals surface area (Å²) in [6.45, 7) is 1.05. The molecule has 23 heavy (non-hydrogen) atoms. The Kier molecular flexibility index (Phi) is 3.42. The molecular weight excluding hydrogens is 296 g/mol. The van der Waals surface area contributed by atoms with Gasteiger partial charge in [0.15, 0.2) is 5.82 Å². The van der Waals surface area contributed by atoms with Gasteiger partial charge in [-0.1, -0.05) is 17.3 Å².